The number of carbonyl (C=O) groups excluding carboxylic acids is 2. The van der Waals surface area contributed by atoms with Crippen molar-refractivity contribution in [3.63, 3.8) is 0 Å². The first-order valence-corrected chi connectivity index (χ1v) is 11.5. The summed E-state index contributed by atoms with van der Waals surface area (Å²) in [6, 6.07) is 9.79. The average molecular weight is 517 g/mol. The second-order valence-corrected chi connectivity index (χ2v) is 9.28. The molecule has 1 aliphatic heterocycles. The standard InChI is InChI=1S/C27H23ClF2N2O4/c1-16(34)17-2-6-22-21(10-17)25(35)32(13-20-5-4-19(28)12-31-20)27(22,36-15-26(14-33)8-9-26)18-3-7-23(29)24(30)11-18/h2-7,10-12,33H,8-9,13-15H2,1H3/i14D2,15D2. The van der Waals surface area contributed by atoms with Crippen LogP contribution in [0.4, 0.5) is 8.78 Å². The summed E-state index contributed by atoms with van der Waals surface area (Å²) in [7, 11) is 0. The van der Waals surface area contributed by atoms with Gasteiger partial charge in [0.05, 0.1) is 35.9 Å². The molecule has 0 bridgehead atoms. The molecular weight excluding hydrogens is 490 g/mol. The van der Waals surface area contributed by atoms with Gasteiger partial charge in [0, 0.05) is 33.9 Å². The molecule has 2 heterocycles. The molecule has 186 valence electrons. The summed E-state index contributed by atoms with van der Waals surface area (Å²) in [5.41, 5.74) is -4.07. The molecule has 6 nitrogen and oxygen atoms in total. The van der Waals surface area contributed by atoms with Crippen LogP contribution >= 0.6 is 11.6 Å². The zero-order valence-corrected chi connectivity index (χ0v) is 19.8. The lowest BCUT2D eigenvalue weighted by Crippen LogP contribution is -2.47. The summed E-state index contributed by atoms with van der Waals surface area (Å²) >= 11 is 5.96. The molecule has 1 amide bonds. The van der Waals surface area contributed by atoms with Crippen molar-refractivity contribution in [2.24, 2.45) is 5.41 Å². The maximum atomic E-state index is 14.7. The van der Waals surface area contributed by atoms with E-state index in [4.69, 9.17) is 21.8 Å². The molecule has 1 fully saturated rings. The number of Topliss-reactive ketones (excluding diaryl/α,β-unsaturated/α-hetero) is 1. The first-order chi connectivity index (χ1) is 18.6. The topological polar surface area (TPSA) is 79.7 Å². The lowest BCUT2D eigenvalue weighted by molar-refractivity contribution is -0.129. The Labute approximate surface area is 217 Å². The van der Waals surface area contributed by atoms with Gasteiger partial charge >= 0.3 is 0 Å². The van der Waals surface area contributed by atoms with Gasteiger partial charge in [-0.3, -0.25) is 19.5 Å². The third kappa shape index (κ3) is 4.09. The van der Waals surface area contributed by atoms with E-state index in [2.05, 4.69) is 4.98 Å². The number of carbonyl (C=O) groups is 2. The Morgan fingerprint density at radius 2 is 1.97 bits per heavy atom. The molecule has 0 saturated heterocycles. The third-order valence-corrected chi connectivity index (χ3v) is 6.65. The number of nitrogens with zero attached hydrogens (tertiary/aromatic N) is 2. The van der Waals surface area contributed by atoms with Crippen LogP contribution in [-0.4, -0.2) is 39.8 Å². The maximum absolute atomic E-state index is 14.7. The first kappa shape index (κ1) is 19.9. The highest BCUT2D eigenvalue weighted by Gasteiger charge is 2.55. The molecule has 1 atom stereocenters. The molecule has 1 N–H and O–H groups in total. The van der Waals surface area contributed by atoms with Gasteiger partial charge in [-0.05, 0) is 50.1 Å². The number of benzene rings is 2. The van der Waals surface area contributed by atoms with Crippen molar-refractivity contribution in [1.82, 2.24) is 9.88 Å². The largest absolute Gasteiger partial charge is 0.396 e. The highest BCUT2D eigenvalue weighted by molar-refractivity contribution is 6.30. The van der Waals surface area contributed by atoms with Crippen molar-refractivity contribution in [1.29, 1.82) is 0 Å². The van der Waals surface area contributed by atoms with Crippen molar-refractivity contribution in [2.75, 3.05) is 13.1 Å². The molecule has 3 aromatic rings. The summed E-state index contributed by atoms with van der Waals surface area (Å²) in [6.45, 7) is -4.98. The zero-order chi connectivity index (χ0) is 29.3. The van der Waals surface area contributed by atoms with Gasteiger partial charge in [-0.1, -0.05) is 29.8 Å². The number of hydrogen-bond acceptors (Lipinski definition) is 5. The van der Waals surface area contributed by atoms with Crippen LogP contribution in [0.5, 0.6) is 0 Å². The molecule has 0 radical (unpaired) electrons. The van der Waals surface area contributed by atoms with Crippen molar-refractivity contribution in [3.8, 4) is 0 Å². The van der Waals surface area contributed by atoms with Crippen LogP contribution in [0, 0.1) is 17.0 Å². The van der Waals surface area contributed by atoms with E-state index in [1.807, 2.05) is 0 Å². The highest BCUT2D eigenvalue weighted by atomic mass is 35.5. The second-order valence-electron chi connectivity index (χ2n) is 8.85. The second kappa shape index (κ2) is 9.03. The molecule has 36 heavy (non-hydrogen) atoms. The number of ether oxygens (including phenoxy) is 1. The van der Waals surface area contributed by atoms with Gasteiger partial charge in [0.2, 0.25) is 0 Å². The fourth-order valence-electron chi connectivity index (χ4n) is 4.24. The maximum Gasteiger partial charge on any atom is 0.257 e. The predicted molar refractivity (Wildman–Crippen MR) is 127 cm³/mol. The Hall–Kier alpha value is -3.20. The molecule has 1 unspecified atom stereocenters. The van der Waals surface area contributed by atoms with Gasteiger partial charge in [-0.25, -0.2) is 8.78 Å². The van der Waals surface area contributed by atoms with Crippen molar-refractivity contribution in [3.05, 3.63) is 99.3 Å². The molecule has 1 saturated carbocycles. The van der Waals surface area contributed by atoms with Gasteiger partial charge in [0.1, 0.15) is 0 Å². The number of hydrogen-bond donors (Lipinski definition) is 1. The van der Waals surface area contributed by atoms with Crippen molar-refractivity contribution >= 4 is 23.3 Å². The van der Waals surface area contributed by atoms with Crippen LogP contribution in [0.3, 0.4) is 0 Å². The van der Waals surface area contributed by atoms with Gasteiger partial charge in [0.25, 0.3) is 5.91 Å². The van der Waals surface area contributed by atoms with Crippen molar-refractivity contribution in [2.45, 2.75) is 32.0 Å². The average Bonchev–Trinajstić information content (AvgIpc) is 3.68. The van der Waals surface area contributed by atoms with Crippen LogP contribution in [0.1, 0.15) is 62.8 Å². The summed E-state index contributed by atoms with van der Waals surface area (Å²) in [4.78, 5) is 31.4. The minimum atomic E-state index is -3.02. The number of amides is 1. The quantitative estimate of drug-likeness (QED) is 0.432. The summed E-state index contributed by atoms with van der Waals surface area (Å²) in [5, 5.41) is 10.6. The fourth-order valence-corrected chi connectivity index (χ4v) is 4.35. The summed E-state index contributed by atoms with van der Waals surface area (Å²) < 4.78 is 68.5. The summed E-state index contributed by atoms with van der Waals surface area (Å²) in [5.74, 6) is -3.58. The smallest absolute Gasteiger partial charge is 0.257 e. The zero-order valence-electron chi connectivity index (χ0n) is 23.0. The van der Waals surface area contributed by atoms with Crippen LogP contribution in [0.25, 0.3) is 0 Å². The third-order valence-electron chi connectivity index (χ3n) is 6.42. The Morgan fingerprint density at radius 3 is 2.58 bits per heavy atom. The lowest BCUT2D eigenvalue weighted by Gasteiger charge is -2.40. The van der Waals surface area contributed by atoms with E-state index < -0.39 is 41.8 Å². The van der Waals surface area contributed by atoms with E-state index in [0.717, 1.165) is 23.1 Å². The van der Waals surface area contributed by atoms with Gasteiger partial charge in [0.15, 0.2) is 23.1 Å². The molecule has 2 aliphatic rings. The lowest BCUT2D eigenvalue weighted by atomic mass is 9.91. The van der Waals surface area contributed by atoms with E-state index in [0.29, 0.717) is 5.02 Å². The van der Waals surface area contributed by atoms with Crippen molar-refractivity contribution < 1.29 is 33.7 Å². The molecule has 1 aromatic heterocycles. The van der Waals surface area contributed by atoms with Crippen LogP contribution in [-0.2, 0) is 17.0 Å². The van der Waals surface area contributed by atoms with E-state index in [1.165, 1.54) is 43.5 Å². The van der Waals surface area contributed by atoms with E-state index in [1.54, 1.807) is 0 Å². The SMILES string of the molecule is [2H]C([2H])(O)C1(C([2H])([2H])OC2(c3ccc(F)c(F)c3)c3ccc(C(C)=O)cc3C(=O)N2Cc2ccc(Cl)cn2)CC1. The Kier molecular flexibility index (Phi) is 5.00. The molecule has 5 rings (SSSR count). The predicted octanol–water partition coefficient (Wildman–Crippen LogP) is 4.86. The Morgan fingerprint density at radius 1 is 1.19 bits per heavy atom. The molecule has 0 spiro atoms. The number of fused-ring (bicyclic) bond motifs is 1. The van der Waals surface area contributed by atoms with Crippen LogP contribution < -0.4 is 0 Å². The minimum Gasteiger partial charge on any atom is -0.396 e. The van der Waals surface area contributed by atoms with E-state index in [-0.39, 0.29) is 53.1 Å². The highest BCUT2D eigenvalue weighted by Crippen LogP contribution is 2.51. The molecular formula is C27H23ClF2N2O4. The minimum absolute atomic E-state index is 0.0145. The number of pyridine rings is 1. The Bertz CT molecular complexity index is 1530. The number of aliphatic hydroxyl groups is 1. The van der Waals surface area contributed by atoms with E-state index in [9.17, 15) is 23.5 Å². The fraction of sp³-hybridized carbons (Fsp3) is 0.296. The summed E-state index contributed by atoms with van der Waals surface area (Å²) in [6.07, 6.45) is 1.16. The molecule has 2 aromatic carbocycles. The monoisotopic (exact) mass is 516 g/mol. The van der Waals surface area contributed by atoms with Crippen LogP contribution in [0.15, 0.2) is 54.7 Å². The Balaban J connectivity index is 1.79. The van der Waals surface area contributed by atoms with Gasteiger partial charge < -0.3 is 9.84 Å². The number of halogens is 3. The van der Waals surface area contributed by atoms with Crippen LogP contribution in [0.2, 0.25) is 5.02 Å². The number of rotatable bonds is 8. The normalized spacial score (nSPS) is 22.4. The van der Waals surface area contributed by atoms with E-state index >= 15 is 0 Å². The molecule has 1 aliphatic carbocycles. The first-order valence-electron chi connectivity index (χ1n) is 13.1. The van der Waals surface area contributed by atoms with Gasteiger partial charge in [-0.15, -0.1) is 0 Å². The molecule has 9 heteroatoms. The number of ketones is 1. The number of aromatic nitrogens is 1. The van der Waals surface area contributed by atoms with Gasteiger partial charge in [-0.2, -0.15) is 0 Å².